The first-order valence-corrected chi connectivity index (χ1v) is 7.55. The van der Waals surface area contributed by atoms with Gasteiger partial charge in [-0.25, -0.2) is 18.7 Å². The largest absolute Gasteiger partial charge is 0.477 e. The van der Waals surface area contributed by atoms with Crippen LogP contribution in [-0.4, -0.2) is 24.2 Å². The molecule has 0 atom stereocenters. The van der Waals surface area contributed by atoms with Crippen molar-refractivity contribution in [1.29, 1.82) is 0 Å². The lowest BCUT2D eigenvalue weighted by molar-refractivity contribution is 0.148. The highest BCUT2D eigenvalue weighted by Crippen LogP contribution is 2.34. The lowest BCUT2D eigenvalue weighted by atomic mass is 10.2. The lowest BCUT2D eigenvalue weighted by Gasteiger charge is -2.10. The minimum Gasteiger partial charge on any atom is -0.477 e. The van der Waals surface area contributed by atoms with Crippen LogP contribution in [-0.2, 0) is 5.75 Å². The van der Waals surface area contributed by atoms with Crippen LogP contribution in [0, 0.1) is 0 Å². The number of benzene rings is 1. The van der Waals surface area contributed by atoms with E-state index in [-0.39, 0.29) is 22.3 Å². The fourth-order valence-electron chi connectivity index (χ4n) is 1.71. The molecule has 2 rings (SSSR count). The van der Waals surface area contributed by atoms with Crippen molar-refractivity contribution in [2.75, 3.05) is 14.2 Å². The molecule has 1 aromatic heterocycles. The van der Waals surface area contributed by atoms with Crippen molar-refractivity contribution >= 4 is 23.4 Å². The van der Waals surface area contributed by atoms with Gasteiger partial charge >= 0.3 is 0 Å². The Bertz CT molecular complexity index is 659. The summed E-state index contributed by atoms with van der Waals surface area (Å²) < 4.78 is 36.1. The van der Waals surface area contributed by atoms with Gasteiger partial charge < -0.3 is 9.47 Å². The average Bonchev–Trinajstić information content (AvgIpc) is 2.53. The summed E-state index contributed by atoms with van der Waals surface area (Å²) in [5, 5.41) is 0.283. The third-order valence-corrected chi connectivity index (χ3v) is 4.09. The van der Waals surface area contributed by atoms with Gasteiger partial charge in [0, 0.05) is 21.2 Å². The summed E-state index contributed by atoms with van der Waals surface area (Å²) >= 11 is 6.99. The molecule has 2 aromatic rings. The predicted molar refractivity (Wildman–Crippen MR) is 81.1 cm³/mol. The van der Waals surface area contributed by atoms with Crippen molar-refractivity contribution < 1.29 is 18.3 Å². The smallest absolute Gasteiger partial charge is 0.278 e. The maximum absolute atomic E-state index is 13.0. The van der Waals surface area contributed by atoms with Crippen LogP contribution >= 0.6 is 23.4 Å². The maximum Gasteiger partial charge on any atom is 0.278 e. The Hall–Kier alpha value is -1.60. The fraction of sp³-hybridized carbons (Fsp3) is 0.286. The van der Waals surface area contributed by atoms with E-state index in [0.29, 0.717) is 16.3 Å². The Morgan fingerprint density at radius 2 is 1.95 bits per heavy atom. The molecule has 0 aliphatic carbocycles. The SMILES string of the molecule is COc1ncc(CSc2ccc(Cl)cc2C(F)F)nc1OC. The zero-order valence-electron chi connectivity index (χ0n) is 11.8. The molecule has 4 nitrogen and oxygen atoms in total. The van der Waals surface area contributed by atoms with E-state index in [1.54, 1.807) is 12.1 Å². The summed E-state index contributed by atoms with van der Waals surface area (Å²) in [6.45, 7) is 0. The molecule has 0 amide bonds. The Kier molecular flexibility index (Phi) is 5.79. The molecule has 1 aromatic carbocycles. The predicted octanol–water partition coefficient (Wildman–Crippen LogP) is 4.38. The van der Waals surface area contributed by atoms with Gasteiger partial charge in [-0.05, 0) is 18.2 Å². The zero-order chi connectivity index (χ0) is 16.1. The van der Waals surface area contributed by atoms with Crippen molar-refractivity contribution in [3.05, 3.63) is 40.7 Å². The number of nitrogens with zero attached hydrogens (tertiary/aromatic N) is 2. The van der Waals surface area contributed by atoms with Crippen LogP contribution in [0.1, 0.15) is 17.7 Å². The molecular formula is C14H13ClF2N2O2S. The quantitative estimate of drug-likeness (QED) is 0.726. The monoisotopic (exact) mass is 346 g/mol. The molecule has 0 radical (unpaired) electrons. The van der Waals surface area contributed by atoms with E-state index in [4.69, 9.17) is 21.1 Å². The van der Waals surface area contributed by atoms with Crippen LogP contribution in [0.5, 0.6) is 11.8 Å². The van der Waals surface area contributed by atoms with Crippen molar-refractivity contribution in [3.63, 3.8) is 0 Å². The zero-order valence-corrected chi connectivity index (χ0v) is 13.4. The first kappa shape index (κ1) is 16.8. The van der Waals surface area contributed by atoms with E-state index in [1.165, 1.54) is 38.2 Å². The Morgan fingerprint density at radius 1 is 1.23 bits per heavy atom. The molecule has 1 heterocycles. The van der Waals surface area contributed by atoms with E-state index in [0.717, 1.165) is 0 Å². The van der Waals surface area contributed by atoms with Gasteiger partial charge in [-0.3, -0.25) is 0 Å². The highest BCUT2D eigenvalue weighted by molar-refractivity contribution is 7.98. The summed E-state index contributed by atoms with van der Waals surface area (Å²) in [4.78, 5) is 8.74. The van der Waals surface area contributed by atoms with Crippen molar-refractivity contribution in [2.24, 2.45) is 0 Å². The molecule has 0 bridgehead atoms. The second kappa shape index (κ2) is 7.60. The highest BCUT2D eigenvalue weighted by atomic mass is 35.5. The first-order chi connectivity index (χ1) is 10.5. The van der Waals surface area contributed by atoms with Crippen LogP contribution in [0.25, 0.3) is 0 Å². The molecule has 0 spiro atoms. The second-order valence-corrected chi connectivity index (χ2v) is 5.61. The topological polar surface area (TPSA) is 44.2 Å². The lowest BCUT2D eigenvalue weighted by Crippen LogP contribution is -1.99. The number of halogens is 3. The summed E-state index contributed by atoms with van der Waals surface area (Å²) in [5.41, 5.74) is 0.503. The minimum atomic E-state index is -2.59. The summed E-state index contributed by atoms with van der Waals surface area (Å²) in [6.07, 6.45) is -1.07. The van der Waals surface area contributed by atoms with E-state index in [2.05, 4.69) is 9.97 Å². The Labute approximate surface area is 135 Å². The first-order valence-electron chi connectivity index (χ1n) is 6.19. The molecule has 0 saturated heterocycles. The Balaban J connectivity index is 2.17. The van der Waals surface area contributed by atoms with Gasteiger partial charge in [-0.1, -0.05) is 11.6 Å². The van der Waals surface area contributed by atoms with Gasteiger partial charge in [0.1, 0.15) is 0 Å². The van der Waals surface area contributed by atoms with Gasteiger partial charge in [0.05, 0.1) is 26.1 Å². The minimum absolute atomic E-state index is 0.0917. The summed E-state index contributed by atoms with van der Waals surface area (Å²) in [7, 11) is 2.92. The number of aromatic nitrogens is 2. The van der Waals surface area contributed by atoms with Crippen molar-refractivity contribution in [2.45, 2.75) is 17.1 Å². The molecule has 8 heteroatoms. The van der Waals surface area contributed by atoms with Gasteiger partial charge in [-0.15, -0.1) is 11.8 Å². The third-order valence-electron chi connectivity index (χ3n) is 2.73. The number of thioether (sulfide) groups is 1. The van der Waals surface area contributed by atoms with Gasteiger partial charge in [0.15, 0.2) is 0 Å². The number of methoxy groups -OCH3 is 2. The fourth-order valence-corrected chi connectivity index (χ4v) is 2.81. The number of hydrogen-bond acceptors (Lipinski definition) is 5. The van der Waals surface area contributed by atoms with Crippen LogP contribution in [0.4, 0.5) is 8.78 Å². The van der Waals surface area contributed by atoms with Gasteiger partial charge in [0.25, 0.3) is 18.2 Å². The van der Waals surface area contributed by atoms with E-state index >= 15 is 0 Å². The van der Waals surface area contributed by atoms with Crippen LogP contribution in [0.2, 0.25) is 5.02 Å². The molecule has 0 aliphatic rings. The maximum atomic E-state index is 13.0. The summed E-state index contributed by atoms with van der Waals surface area (Å²) in [6, 6.07) is 4.42. The molecule has 22 heavy (non-hydrogen) atoms. The van der Waals surface area contributed by atoms with Gasteiger partial charge in [0.2, 0.25) is 0 Å². The van der Waals surface area contributed by atoms with E-state index in [1.807, 2.05) is 0 Å². The number of ether oxygens (including phenoxy) is 2. The molecule has 0 aliphatic heterocycles. The van der Waals surface area contributed by atoms with Crippen molar-refractivity contribution in [3.8, 4) is 11.8 Å². The number of hydrogen-bond donors (Lipinski definition) is 0. The van der Waals surface area contributed by atoms with E-state index < -0.39 is 6.43 Å². The van der Waals surface area contributed by atoms with E-state index in [9.17, 15) is 8.78 Å². The Morgan fingerprint density at radius 3 is 2.59 bits per heavy atom. The van der Waals surface area contributed by atoms with Crippen LogP contribution in [0.15, 0.2) is 29.3 Å². The number of rotatable bonds is 6. The van der Waals surface area contributed by atoms with Crippen molar-refractivity contribution in [1.82, 2.24) is 9.97 Å². The average molecular weight is 347 g/mol. The molecule has 118 valence electrons. The standard InChI is InChI=1S/C14H13ClF2N2O2S/c1-20-13-14(21-2)19-9(6-18-13)7-22-11-4-3-8(15)5-10(11)12(16)17/h3-6,12H,7H2,1-2H3. The highest BCUT2D eigenvalue weighted by Gasteiger charge is 2.15. The molecule has 0 unspecified atom stereocenters. The molecule has 0 fully saturated rings. The molecule has 0 saturated carbocycles. The summed E-state index contributed by atoms with van der Waals surface area (Å²) in [5.74, 6) is 0.899. The normalized spacial score (nSPS) is 10.8. The third kappa shape index (κ3) is 3.98. The molecular weight excluding hydrogens is 334 g/mol. The number of alkyl halides is 2. The van der Waals surface area contributed by atoms with Crippen LogP contribution < -0.4 is 9.47 Å². The van der Waals surface area contributed by atoms with Crippen LogP contribution in [0.3, 0.4) is 0 Å². The van der Waals surface area contributed by atoms with Gasteiger partial charge in [-0.2, -0.15) is 0 Å². The second-order valence-electron chi connectivity index (χ2n) is 4.15. The molecule has 0 N–H and O–H groups in total.